The van der Waals surface area contributed by atoms with Crippen LogP contribution in [0.25, 0.3) is 0 Å². The molecule has 0 radical (unpaired) electrons. The predicted molar refractivity (Wildman–Crippen MR) is 141 cm³/mol. The summed E-state index contributed by atoms with van der Waals surface area (Å²) in [7, 11) is 0. The fourth-order valence-electron chi connectivity index (χ4n) is 4.56. The summed E-state index contributed by atoms with van der Waals surface area (Å²) < 4.78 is 22.9. The summed E-state index contributed by atoms with van der Waals surface area (Å²) in [4.78, 5) is 25.2. The van der Waals surface area contributed by atoms with Gasteiger partial charge in [-0.1, -0.05) is 60.7 Å². The molecule has 2 aromatic carbocycles. The Morgan fingerprint density at radius 2 is 1.18 bits per heavy atom. The molecule has 208 valence electrons. The van der Waals surface area contributed by atoms with Gasteiger partial charge in [0.05, 0.1) is 50.8 Å². The van der Waals surface area contributed by atoms with Crippen molar-refractivity contribution in [2.75, 3.05) is 13.2 Å². The molecule has 2 aromatic rings. The van der Waals surface area contributed by atoms with E-state index >= 15 is 0 Å². The van der Waals surface area contributed by atoms with Gasteiger partial charge in [0.1, 0.15) is 11.6 Å². The number of hydrogen-bond acceptors (Lipinski definition) is 8. The zero-order valence-corrected chi connectivity index (χ0v) is 22.3. The first-order chi connectivity index (χ1) is 18.2. The molecule has 1 saturated heterocycles. The molecule has 0 aromatic heterocycles. The van der Waals surface area contributed by atoms with Crippen LogP contribution in [0.15, 0.2) is 60.7 Å². The third kappa shape index (κ3) is 11.5. The Labute approximate surface area is 224 Å². The van der Waals surface area contributed by atoms with Gasteiger partial charge in [-0.15, -0.1) is 0 Å². The van der Waals surface area contributed by atoms with Gasteiger partial charge in [-0.2, -0.15) is 0 Å². The Balaban J connectivity index is 1.36. The Bertz CT molecular complexity index is 901. The van der Waals surface area contributed by atoms with Gasteiger partial charge in [-0.25, -0.2) is 0 Å². The van der Waals surface area contributed by atoms with E-state index < -0.39 is 30.2 Å². The summed E-state index contributed by atoms with van der Waals surface area (Å²) >= 11 is 0. The lowest BCUT2D eigenvalue weighted by molar-refractivity contribution is -0.298. The van der Waals surface area contributed by atoms with Crippen molar-refractivity contribution < 1.29 is 38.7 Å². The Hall–Kier alpha value is -2.46. The average Bonchev–Trinajstić information content (AvgIpc) is 2.84. The van der Waals surface area contributed by atoms with E-state index in [1.807, 2.05) is 60.7 Å². The molecule has 1 aliphatic rings. The highest BCUT2D eigenvalue weighted by Gasteiger charge is 2.37. The van der Waals surface area contributed by atoms with Gasteiger partial charge in [-0.3, -0.25) is 9.59 Å². The monoisotopic (exact) mass is 528 g/mol. The standard InChI is InChI=1S/C30H40O8/c1-30(2)37-28(15-24(31)13-26(33)20-35-18-22-9-5-3-6-10-22)17-29(38-30)16-25(32)14-27(34)21-36-19-23-11-7-4-8-12-23/h3-12,26-29,33-34H,13-21H2,1-2H3/t26-,27-,28-,29-/m1/s1. The minimum Gasteiger partial charge on any atom is -0.390 e. The van der Waals surface area contributed by atoms with Gasteiger partial charge in [0.25, 0.3) is 0 Å². The van der Waals surface area contributed by atoms with Gasteiger partial charge in [-0.05, 0) is 25.0 Å². The molecule has 2 N–H and O–H groups in total. The van der Waals surface area contributed by atoms with E-state index in [2.05, 4.69) is 0 Å². The van der Waals surface area contributed by atoms with E-state index in [-0.39, 0.29) is 50.5 Å². The van der Waals surface area contributed by atoms with Gasteiger partial charge in [0.15, 0.2) is 5.79 Å². The second-order valence-electron chi connectivity index (χ2n) is 10.3. The zero-order valence-electron chi connectivity index (χ0n) is 22.3. The van der Waals surface area contributed by atoms with Gasteiger partial charge in [0.2, 0.25) is 0 Å². The molecule has 1 aliphatic heterocycles. The molecule has 0 bridgehead atoms. The molecule has 1 fully saturated rings. The lowest BCUT2D eigenvalue weighted by atomic mass is 9.97. The second-order valence-corrected chi connectivity index (χ2v) is 10.3. The lowest BCUT2D eigenvalue weighted by Crippen LogP contribution is -2.46. The minimum atomic E-state index is -0.955. The number of aliphatic hydroxyl groups excluding tert-OH is 2. The fourth-order valence-corrected chi connectivity index (χ4v) is 4.56. The third-order valence-electron chi connectivity index (χ3n) is 6.11. The number of benzene rings is 2. The quantitative estimate of drug-likeness (QED) is 0.339. The second kappa shape index (κ2) is 15.2. The maximum Gasteiger partial charge on any atom is 0.163 e. The number of carbonyl (C=O) groups excluding carboxylic acids is 2. The van der Waals surface area contributed by atoms with Crippen molar-refractivity contribution in [3.63, 3.8) is 0 Å². The van der Waals surface area contributed by atoms with Crippen molar-refractivity contribution in [3.8, 4) is 0 Å². The number of ether oxygens (including phenoxy) is 4. The molecule has 0 amide bonds. The van der Waals surface area contributed by atoms with Crippen LogP contribution >= 0.6 is 0 Å². The number of rotatable bonds is 16. The van der Waals surface area contributed by atoms with Crippen LogP contribution in [-0.4, -0.2) is 65.2 Å². The molecular formula is C30H40O8. The van der Waals surface area contributed by atoms with E-state index in [0.717, 1.165) is 11.1 Å². The molecule has 0 unspecified atom stereocenters. The maximum absolute atomic E-state index is 12.6. The first-order valence-electron chi connectivity index (χ1n) is 13.2. The van der Waals surface area contributed by atoms with Gasteiger partial charge < -0.3 is 29.2 Å². The Morgan fingerprint density at radius 1 is 0.789 bits per heavy atom. The predicted octanol–water partition coefficient (Wildman–Crippen LogP) is 3.75. The molecule has 1 heterocycles. The van der Waals surface area contributed by atoms with E-state index in [9.17, 15) is 19.8 Å². The van der Waals surface area contributed by atoms with E-state index in [4.69, 9.17) is 18.9 Å². The smallest absolute Gasteiger partial charge is 0.163 e. The van der Waals surface area contributed by atoms with Gasteiger partial charge in [0, 0.05) is 32.1 Å². The number of carbonyl (C=O) groups is 2. The van der Waals surface area contributed by atoms with Crippen LogP contribution in [-0.2, 0) is 41.8 Å². The van der Waals surface area contributed by atoms with Crippen LogP contribution < -0.4 is 0 Å². The molecule has 0 saturated carbocycles. The fraction of sp³-hybridized carbons (Fsp3) is 0.533. The van der Waals surface area contributed by atoms with Crippen LogP contribution in [0.1, 0.15) is 57.1 Å². The summed E-state index contributed by atoms with van der Waals surface area (Å²) in [5, 5.41) is 20.4. The van der Waals surface area contributed by atoms with Crippen molar-refractivity contribution in [2.45, 2.75) is 89.4 Å². The molecule has 4 atom stereocenters. The van der Waals surface area contributed by atoms with Crippen molar-refractivity contribution >= 4 is 11.6 Å². The van der Waals surface area contributed by atoms with E-state index in [0.29, 0.717) is 19.6 Å². The topological polar surface area (TPSA) is 112 Å². The lowest BCUT2D eigenvalue weighted by Gasteiger charge is -2.40. The largest absolute Gasteiger partial charge is 0.390 e. The number of ketones is 2. The third-order valence-corrected chi connectivity index (χ3v) is 6.11. The first-order valence-corrected chi connectivity index (χ1v) is 13.2. The van der Waals surface area contributed by atoms with Crippen molar-refractivity contribution in [2.24, 2.45) is 0 Å². The highest BCUT2D eigenvalue weighted by atomic mass is 16.7. The summed E-state index contributed by atoms with van der Waals surface area (Å²) in [6.07, 6.45) is -2.12. The molecule has 38 heavy (non-hydrogen) atoms. The van der Waals surface area contributed by atoms with Gasteiger partial charge >= 0.3 is 0 Å². The normalized spacial score (nSPS) is 20.5. The van der Waals surface area contributed by atoms with Crippen molar-refractivity contribution in [1.82, 2.24) is 0 Å². The minimum absolute atomic E-state index is 0.0330. The van der Waals surface area contributed by atoms with Crippen LogP contribution in [0, 0.1) is 0 Å². The highest BCUT2D eigenvalue weighted by Crippen LogP contribution is 2.30. The average molecular weight is 529 g/mol. The van der Waals surface area contributed by atoms with E-state index in [1.165, 1.54) is 0 Å². The van der Waals surface area contributed by atoms with Crippen molar-refractivity contribution in [3.05, 3.63) is 71.8 Å². The summed E-state index contributed by atoms with van der Waals surface area (Å²) in [6.45, 7) is 4.36. The highest BCUT2D eigenvalue weighted by molar-refractivity contribution is 5.80. The zero-order chi connectivity index (χ0) is 27.4. The molecular weight excluding hydrogens is 488 g/mol. The summed E-state index contributed by atoms with van der Waals surface area (Å²) in [5.41, 5.74) is 1.99. The van der Waals surface area contributed by atoms with Crippen molar-refractivity contribution in [1.29, 1.82) is 0 Å². The summed E-state index contributed by atoms with van der Waals surface area (Å²) in [5.74, 6) is -1.23. The number of hydrogen-bond donors (Lipinski definition) is 2. The number of aliphatic hydroxyl groups is 2. The molecule has 8 nitrogen and oxygen atoms in total. The Kier molecular flexibility index (Phi) is 12.0. The van der Waals surface area contributed by atoms with Crippen LogP contribution in [0.3, 0.4) is 0 Å². The number of Topliss-reactive ketones (excluding diaryl/α,β-unsaturated/α-hetero) is 2. The summed E-state index contributed by atoms with van der Waals surface area (Å²) in [6, 6.07) is 19.2. The SMILES string of the molecule is CC1(C)O[C@H](CC(=O)C[C@@H](O)COCc2ccccc2)C[C@@H](CC(=O)C[C@@H](O)COCc2ccccc2)O1. The van der Waals surface area contributed by atoms with E-state index in [1.54, 1.807) is 13.8 Å². The van der Waals surface area contributed by atoms with Crippen LogP contribution in [0.2, 0.25) is 0 Å². The molecule has 0 aliphatic carbocycles. The van der Waals surface area contributed by atoms with Crippen LogP contribution in [0.4, 0.5) is 0 Å². The first kappa shape index (κ1) is 30.1. The molecule has 8 heteroatoms. The maximum atomic E-state index is 12.6. The molecule has 3 rings (SSSR count). The Morgan fingerprint density at radius 3 is 1.58 bits per heavy atom. The molecule has 0 spiro atoms. The van der Waals surface area contributed by atoms with Crippen LogP contribution in [0.5, 0.6) is 0 Å².